The summed E-state index contributed by atoms with van der Waals surface area (Å²) in [6.45, 7) is 11.4. The second kappa shape index (κ2) is 6.38. The molecule has 0 atom stereocenters. The van der Waals surface area contributed by atoms with Crippen LogP contribution in [0.4, 0.5) is 0 Å². The van der Waals surface area contributed by atoms with Crippen LogP contribution in [-0.2, 0) is 4.74 Å². The molecule has 0 aromatic carbocycles. The molecule has 1 saturated carbocycles. The molecule has 1 saturated heterocycles. The van der Waals surface area contributed by atoms with E-state index < -0.39 is 0 Å². The number of piperidine rings is 1. The number of hydrogen-bond donors (Lipinski definition) is 0. The largest absolute Gasteiger partial charge is 0.379 e. The molecule has 0 aromatic heterocycles. The molecule has 1 aliphatic carbocycles. The Morgan fingerprint density at radius 2 is 1.89 bits per heavy atom. The zero-order chi connectivity index (χ0) is 13.0. The zero-order valence-corrected chi connectivity index (χ0v) is 12.6. The zero-order valence-electron chi connectivity index (χ0n) is 12.6. The summed E-state index contributed by atoms with van der Waals surface area (Å²) in [5.41, 5.74) is 0.759. The van der Waals surface area contributed by atoms with Crippen LogP contribution < -0.4 is 0 Å². The Balaban J connectivity index is 1.56. The third-order valence-electron chi connectivity index (χ3n) is 5.02. The Morgan fingerprint density at radius 1 is 1.22 bits per heavy atom. The van der Waals surface area contributed by atoms with E-state index in [9.17, 15) is 0 Å². The monoisotopic (exact) mass is 253 g/mol. The van der Waals surface area contributed by atoms with Crippen LogP contribution in [0.1, 0.15) is 59.3 Å². The van der Waals surface area contributed by atoms with Gasteiger partial charge in [0.2, 0.25) is 0 Å². The minimum absolute atomic E-state index is 0.399. The molecule has 2 nitrogen and oxygen atoms in total. The molecule has 18 heavy (non-hydrogen) atoms. The van der Waals surface area contributed by atoms with Gasteiger partial charge in [-0.2, -0.15) is 0 Å². The summed E-state index contributed by atoms with van der Waals surface area (Å²) >= 11 is 0. The van der Waals surface area contributed by atoms with Gasteiger partial charge in [0.25, 0.3) is 0 Å². The first kappa shape index (κ1) is 14.3. The molecule has 1 heterocycles. The van der Waals surface area contributed by atoms with Crippen molar-refractivity contribution < 1.29 is 4.74 Å². The van der Waals surface area contributed by atoms with Crippen molar-refractivity contribution in [1.82, 2.24) is 4.90 Å². The molecule has 0 radical (unpaired) electrons. The van der Waals surface area contributed by atoms with Crippen LogP contribution in [0.3, 0.4) is 0 Å². The third kappa shape index (κ3) is 3.71. The Morgan fingerprint density at radius 3 is 2.44 bits per heavy atom. The van der Waals surface area contributed by atoms with Crippen LogP contribution in [-0.4, -0.2) is 37.2 Å². The molecule has 0 bridgehead atoms. The van der Waals surface area contributed by atoms with E-state index in [1.165, 1.54) is 58.2 Å². The number of hydrogen-bond acceptors (Lipinski definition) is 2. The van der Waals surface area contributed by atoms with Gasteiger partial charge in [-0.3, -0.25) is 0 Å². The van der Waals surface area contributed by atoms with Crippen molar-refractivity contribution in [2.75, 3.05) is 26.2 Å². The SMILES string of the molecule is CCN1CCC2(CC1)CC(CCCOC(C)C)C2. The lowest BCUT2D eigenvalue weighted by atomic mass is 9.56. The summed E-state index contributed by atoms with van der Waals surface area (Å²) in [7, 11) is 0. The number of nitrogens with zero attached hydrogens (tertiary/aromatic N) is 1. The minimum atomic E-state index is 0.399. The first-order chi connectivity index (χ1) is 8.63. The van der Waals surface area contributed by atoms with Crippen molar-refractivity contribution in [3.8, 4) is 0 Å². The van der Waals surface area contributed by atoms with E-state index >= 15 is 0 Å². The maximum absolute atomic E-state index is 5.62. The summed E-state index contributed by atoms with van der Waals surface area (Å²) < 4.78 is 5.62. The summed E-state index contributed by atoms with van der Waals surface area (Å²) in [5, 5.41) is 0. The average molecular weight is 253 g/mol. The van der Waals surface area contributed by atoms with Crippen molar-refractivity contribution in [2.45, 2.75) is 65.4 Å². The predicted octanol–water partition coefficient (Wildman–Crippen LogP) is 3.70. The highest BCUT2D eigenvalue weighted by Gasteiger charge is 2.44. The number of ether oxygens (including phenoxy) is 1. The summed E-state index contributed by atoms with van der Waals surface area (Å²) in [6, 6.07) is 0. The van der Waals surface area contributed by atoms with Gasteiger partial charge in [0.05, 0.1) is 6.10 Å². The lowest BCUT2D eigenvalue weighted by Crippen LogP contribution is -2.47. The van der Waals surface area contributed by atoms with Gasteiger partial charge in [0.1, 0.15) is 0 Å². The Labute approximate surface area is 113 Å². The maximum atomic E-state index is 5.62. The van der Waals surface area contributed by atoms with Gasteiger partial charge in [-0.1, -0.05) is 6.92 Å². The fourth-order valence-corrected chi connectivity index (χ4v) is 3.81. The quantitative estimate of drug-likeness (QED) is 0.669. The van der Waals surface area contributed by atoms with Gasteiger partial charge in [-0.15, -0.1) is 0 Å². The molecular weight excluding hydrogens is 222 g/mol. The van der Waals surface area contributed by atoms with Crippen molar-refractivity contribution >= 4 is 0 Å². The van der Waals surface area contributed by atoms with Crippen LogP contribution in [0.15, 0.2) is 0 Å². The molecule has 2 rings (SSSR count). The summed E-state index contributed by atoms with van der Waals surface area (Å²) in [5.74, 6) is 1.01. The van der Waals surface area contributed by atoms with Gasteiger partial charge >= 0.3 is 0 Å². The van der Waals surface area contributed by atoms with Crippen LogP contribution in [0, 0.1) is 11.3 Å². The van der Waals surface area contributed by atoms with Crippen molar-refractivity contribution in [1.29, 1.82) is 0 Å². The second-order valence-corrected chi connectivity index (χ2v) is 6.77. The first-order valence-electron chi connectivity index (χ1n) is 7.97. The highest BCUT2D eigenvalue weighted by Crippen LogP contribution is 2.53. The Hall–Kier alpha value is -0.0800. The average Bonchev–Trinajstić information content (AvgIpc) is 2.32. The molecule has 0 aromatic rings. The van der Waals surface area contributed by atoms with E-state index in [4.69, 9.17) is 4.74 Å². The number of rotatable bonds is 6. The first-order valence-corrected chi connectivity index (χ1v) is 7.97. The summed E-state index contributed by atoms with van der Waals surface area (Å²) in [6.07, 6.45) is 8.99. The highest BCUT2D eigenvalue weighted by atomic mass is 16.5. The van der Waals surface area contributed by atoms with Crippen LogP contribution in [0.2, 0.25) is 0 Å². The van der Waals surface area contributed by atoms with Gasteiger partial charge in [-0.05, 0) is 83.3 Å². The van der Waals surface area contributed by atoms with Crippen molar-refractivity contribution in [2.24, 2.45) is 11.3 Å². The van der Waals surface area contributed by atoms with Crippen LogP contribution in [0.5, 0.6) is 0 Å². The Bertz CT molecular complexity index is 235. The normalized spacial score (nSPS) is 24.7. The van der Waals surface area contributed by atoms with E-state index in [1.807, 2.05) is 0 Å². The lowest BCUT2D eigenvalue weighted by Gasteiger charge is -2.52. The van der Waals surface area contributed by atoms with Gasteiger partial charge in [0.15, 0.2) is 0 Å². The van der Waals surface area contributed by atoms with E-state index in [0.29, 0.717) is 6.10 Å². The molecule has 2 fully saturated rings. The molecule has 2 aliphatic rings. The van der Waals surface area contributed by atoms with Crippen molar-refractivity contribution in [3.63, 3.8) is 0 Å². The molecule has 0 unspecified atom stereocenters. The number of likely N-dealkylation sites (tertiary alicyclic amines) is 1. The van der Waals surface area contributed by atoms with E-state index in [1.54, 1.807) is 0 Å². The Kier molecular flexibility index (Phi) is 5.08. The highest BCUT2D eigenvalue weighted by molar-refractivity contribution is 4.96. The molecule has 1 spiro atoms. The fourth-order valence-electron chi connectivity index (χ4n) is 3.81. The molecule has 0 N–H and O–H groups in total. The fraction of sp³-hybridized carbons (Fsp3) is 1.00. The third-order valence-corrected chi connectivity index (χ3v) is 5.02. The second-order valence-electron chi connectivity index (χ2n) is 6.77. The van der Waals surface area contributed by atoms with Gasteiger partial charge < -0.3 is 9.64 Å². The molecule has 0 amide bonds. The van der Waals surface area contributed by atoms with Crippen LogP contribution >= 0.6 is 0 Å². The minimum Gasteiger partial charge on any atom is -0.379 e. The smallest absolute Gasteiger partial charge is 0.0518 e. The van der Waals surface area contributed by atoms with Crippen LogP contribution in [0.25, 0.3) is 0 Å². The molecule has 1 aliphatic heterocycles. The van der Waals surface area contributed by atoms with E-state index in [-0.39, 0.29) is 0 Å². The molecular formula is C16H31NO. The maximum Gasteiger partial charge on any atom is 0.0518 e. The molecule has 106 valence electrons. The summed E-state index contributed by atoms with van der Waals surface area (Å²) in [4.78, 5) is 2.61. The van der Waals surface area contributed by atoms with E-state index in [0.717, 1.165) is 17.9 Å². The van der Waals surface area contributed by atoms with Crippen molar-refractivity contribution in [3.05, 3.63) is 0 Å². The topological polar surface area (TPSA) is 12.5 Å². The van der Waals surface area contributed by atoms with E-state index in [2.05, 4.69) is 25.7 Å². The predicted molar refractivity (Wildman–Crippen MR) is 76.8 cm³/mol. The standard InChI is InChI=1S/C16H31NO/c1-4-17-9-7-16(8-10-17)12-15(13-16)6-5-11-18-14(2)3/h14-15H,4-13H2,1-3H3. The van der Waals surface area contributed by atoms with Gasteiger partial charge in [0, 0.05) is 6.61 Å². The van der Waals surface area contributed by atoms with Gasteiger partial charge in [-0.25, -0.2) is 0 Å². The lowest BCUT2D eigenvalue weighted by molar-refractivity contribution is -0.0198. The molecule has 2 heteroatoms.